The molecule has 0 amide bonds. The van der Waals surface area contributed by atoms with Crippen LogP contribution in [0.4, 0.5) is 0 Å². The van der Waals surface area contributed by atoms with E-state index in [1.807, 2.05) is 28.9 Å². The minimum atomic E-state index is 0.544. The van der Waals surface area contributed by atoms with Crippen molar-refractivity contribution in [3.8, 4) is 6.07 Å². The molecule has 0 aliphatic heterocycles. The van der Waals surface area contributed by atoms with E-state index in [0.29, 0.717) is 24.6 Å². The summed E-state index contributed by atoms with van der Waals surface area (Å²) in [4.78, 5) is 4.27. The van der Waals surface area contributed by atoms with Gasteiger partial charge in [0, 0.05) is 13.1 Å². The number of hydrogen-bond donors (Lipinski definition) is 1. The van der Waals surface area contributed by atoms with Crippen LogP contribution in [0, 0.1) is 17.2 Å². The SMILES string of the molecule is CC(C)Cn1ncnc1CNCc1cccc(C#N)c1. The molecule has 1 heterocycles. The van der Waals surface area contributed by atoms with Gasteiger partial charge in [0.1, 0.15) is 12.2 Å². The van der Waals surface area contributed by atoms with Gasteiger partial charge in [0.2, 0.25) is 0 Å². The standard InChI is InChI=1S/C15H19N5/c1-12(2)10-20-15(18-11-19-20)9-17-8-14-5-3-4-13(6-14)7-16/h3-6,11-12,17H,8-10H2,1-2H3. The summed E-state index contributed by atoms with van der Waals surface area (Å²) in [6.07, 6.45) is 1.59. The molecule has 104 valence electrons. The van der Waals surface area contributed by atoms with Crippen LogP contribution in [-0.2, 0) is 19.6 Å². The minimum absolute atomic E-state index is 0.544. The molecule has 0 aliphatic rings. The second-order valence-electron chi connectivity index (χ2n) is 5.17. The van der Waals surface area contributed by atoms with E-state index in [0.717, 1.165) is 17.9 Å². The first-order chi connectivity index (χ1) is 9.69. The van der Waals surface area contributed by atoms with Crippen molar-refractivity contribution in [1.29, 1.82) is 5.26 Å². The van der Waals surface area contributed by atoms with Gasteiger partial charge in [0.25, 0.3) is 0 Å². The summed E-state index contributed by atoms with van der Waals surface area (Å²) in [5, 5.41) is 16.4. The van der Waals surface area contributed by atoms with Gasteiger partial charge < -0.3 is 5.32 Å². The Morgan fingerprint density at radius 2 is 2.20 bits per heavy atom. The van der Waals surface area contributed by atoms with Gasteiger partial charge in [-0.3, -0.25) is 0 Å². The van der Waals surface area contributed by atoms with E-state index >= 15 is 0 Å². The molecule has 0 unspecified atom stereocenters. The summed E-state index contributed by atoms with van der Waals surface area (Å²) in [5.74, 6) is 1.48. The van der Waals surface area contributed by atoms with Crippen molar-refractivity contribution in [2.45, 2.75) is 33.5 Å². The number of hydrogen-bond acceptors (Lipinski definition) is 4. The second kappa shape index (κ2) is 6.83. The Morgan fingerprint density at radius 3 is 2.95 bits per heavy atom. The van der Waals surface area contributed by atoms with Crippen molar-refractivity contribution in [1.82, 2.24) is 20.1 Å². The van der Waals surface area contributed by atoms with Crippen molar-refractivity contribution in [2.75, 3.05) is 0 Å². The molecule has 1 N–H and O–H groups in total. The Bertz CT molecular complexity index is 594. The molecular weight excluding hydrogens is 250 g/mol. The third-order valence-corrected chi connectivity index (χ3v) is 2.90. The molecule has 1 aromatic heterocycles. The highest BCUT2D eigenvalue weighted by atomic mass is 15.3. The fourth-order valence-electron chi connectivity index (χ4n) is 1.99. The molecule has 5 nitrogen and oxygen atoms in total. The normalized spacial score (nSPS) is 10.7. The molecule has 0 bridgehead atoms. The van der Waals surface area contributed by atoms with Gasteiger partial charge in [0.15, 0.2) is 0 Å². The zero-order valence-electron chi connectivity index (χ0n) is 11.9. The number of aromatic nitrogens is 3. The lowest BCUT2D eigenvalue weighted by atomic mass is 10.1. The molecule has 1 aromatic carbocycles. The van der Waals surface area contributed by atoms with Crippen LogP contribution in [0.3, 0.4) is 0 Å². The van der Waals surface area contributed by atoms with Gasteiger partial charge in [-0.05, 0) is 23.6 Å². The molecule has 0 radical (unpaired) electrons. The van der Waals surface area contributed by atoms with Gasteiger partial charge >= 0.3 is 0 Å². The summed E-state index contributed by atoms with van der Waals surface area (Å²) < 4.78 is 1.93. The van der Waals surface area contributed by atoms with Gasteiger partial charge in [-0.15, -0.1) is 0 Å². The molecule has 0 aliphatic carbocycles. The average molecular weight is 269 g/mol. The first-order valence-electron chi connectivity index (χ1n) is 6.75. The quantitative estimate of drug-likeness (QED) is 0.872. The maximum absolute atomic E-state index is 8.87. The fourth-order valence-corrected chi connectivity index (χ4v) is 1.99. The molecule has 0 fully saturated rings. The van der Waals surface area contributed by atoms with Crippen LogP contribution in [-0.4, -0.2) is 14.8 Å². The van der Waals surface area contributed by atoms with Crippen molar-refractivity contribution in [3.05, 3.63) is 47.5 Å². The molecule has 5 heteroatoms. The number of nitrogens with zero attached hydrogens (tertiary/aromatic N) is 4. The maximum Gasteiger partial charge on any atom is 0.140 e. The predicted molar refractivity (Wildman–Crippen MR) is 76.6 cm³/mol. The lowest BCUT2D eigenvalue weighted by Gasteiger charge is -2.09. The third-order valence-electron chi connectivity index (χ3n) is 2.90. The van der Waals surface area contributed by atoms with E-state index in [4.69, 9.17) is 5.26 Å². The molecule has 0 atom stereocenters. The van der Waals surface area contributed by atoms with Gasteiger partial charge in [-0.25, -0.2) is 9.67 Å². The van der Waals surface area contributed by atoms with E-state index in [1.165, 1.54) is 0 Å². The molecular formula is C15H19N5. The molecule has 20 heavy (non-hydrogen) atoms. The van der Waals surface area contributed by atoms with Crippen molar-refractivity contribution >= 4 is 0 Å². The second-order valence-corrected chi connectivity index (χ2v) is 5.17. The number of nitrogens with one attached hydrogen (secondary N) is 1. The molecule has 0 saturated heterocycles. The van der Waals surface area contributed by atoms with Crippen LogP contribution in [0.1, 0.15) is 30.8 Å². The smallest absolute Gasteiger partial charge is 0.140 e. The summed E-state index contributed by atoms with van der Waals surface area (Å²) >= 11 is 0. The number of nitriles is 1. The van der Waals surface area contributed by atoms with Gasteiger partial charge in [0.05, 0.1) is 18.2 Å². The Balaban J connectivity index is 1.90. The van der Waals surface area contributed by atoms with E-state index < -0.39 is 0 Å². The maximum atomic E-state index is 8.87. The average Bonchev–Trinajstić information content (AvgIpc) is 2.86. The summed E-state index contributed by atoms with van der Waals surface area (Å²) in [5.41, 5.74) is 1.78. The molecule has 2 aromatic rings. The highest BCUT2D eigenvalue weighted by Crippen LogP contribution is 2.05. The largest absolute Gasteiger partial charge is 0.306 e. The van der Waals surface area contributed by atoms with Crippen molar-refractivity contribution in [3.63, 3.8) is 0 Å². The number of benzene rings is 1. The third kappa shape index (κ3) is 3.90. The summed E-state index contributed by atoms with van der Waals surface area (Å²) in [6.45, 7) is 6.58. The van der Waals surface area contributed by atoms with Gasteiger partial charge in [-0.2, -0.15) is 10.4 Å². The van der Waals surface area contributed by atoms with Crippen LogP contribution < -0.4 is 5.32 Å². The van der Waals surface area contributed by atoms with Crippen LogP contribution in [0.5, 0.6) is 0 Å². The summed E-state index contributed by atoms with van der Waals surface area (Å²) in [7, 11) is 0. The zero-order valence-corrected chi connectivity index (χ0v) is 11.9. The molecule has 0 saturated carbocycles. The van der Waals surface area contributed by atoms with Crippen molar-refractivity contribution in [2.24, 2.45) is 5.92 Å². The highest BCUT2D eigenvalue weighted by molar-refractivity contribution is 5.32. The van der Waals surface area contributed by atoms with Crippen LogP contribution in [0.25, 0.3) is 0 Å². The van der Waals surface area contributed by atoms with Crippen LogP contribution >= 0.6 is 0 Å². The Labute approximate surface area is 119 Å². The lowest BCUT2D eigenvalue weighted by molar-refractivity contribution is 0.457. The summed E-state index contributed by atoms with van der Waals surface area (Å²) in [6, 6.07) is 9.76. The van der Waals surface area contributed by atoms with Gasteiger partial charge in [-0.1, -0.05) is 26.0 Å². The van der Waals surface area contributed by atoms with Crippen molar-refractivity contribution < 1.29 is 0 Å². The first kappa shape index (κ1) is 14.2. The Morgan fingerprint density at radius 1 is 1.35 bits per heavy atom. The predicted octanol–water partition coefficient (Wildman–Crippen LogP) is 2.10. The van der Waals surface area contributed by atoms with Crippen LogP contribution in [0.2, 0.25) is 0 Å². The monoisotopic (exact) mass is 269 g/mol. The Hall–Kier alpha value is -2.19. The van der Waals surface area contributed by atoms with E-state index in [-0.39, 0.29) is 0 Å². The topological polar surface area (TPSA) is 66.5 Å². The molecule has 0 spiro atoms. The lowest BCUT2D eigenvalue weighted by Crippen LogP contribution is -2.18. The highest BCUT2D eigenvalue weighted by Gasteiger charge is 2.05. The van der Waals surface area contributed by atoms with E-state index in [1.54, 1.807) is 6.33 Å². The van der Waals surface area contributed by atoms with Crippen LogP contribution in [0.15, 0.2) is 30.6 Å². The molecule has 2 rings (SSSR count). The van der Waals surface area contributed by atoms with E-state index in [2.05, 4.69) is 35.3 Å². The fraction of sp³-hybridized carbons (Fsp3) is 0.400. The first-order valence-corrected chi connectivity index (χ1v) is 6.75. The zero-order chi connectivity index (χ0) is 14.4. The Kier molecular flexibility index (Phi) is 4.85. The number of rotatable bonds is 6. The van der Waals surface area contributed by atoms with E-state index in [9.17, 15) is 0 Å². The minimum Gasteiger partial charge on any atom is -0.306 e.